The number of aromatic nitrogens is 2. The number of rotatable bonds is 10. The molecule has 0 spiro atoms. The molecule has 1 aromatic heterocycles. The Morgan fingerprint density at radius 3 is 2.29 bits per heavy atom. The highest BCUT2D eigenvalue weighted by Crippen LogP contribution is 2.34. The predicted molar refractivity (Wildman–Crippen MR) is 141 cm³/mol. The Morgan fingerprint density at radius 2 is 1.66 bits per heavy atom. The number of aryl methyl sites for hydroxylation is 1. The molecule has 2 heterocycles. The molecule has 186 valence electrons. The van der Waals surface area contributed by atoms with Crippen molar-refractivity contribution in [1.82, 2.24) is 19.6 Å². The Kier molecular flexibility index (Phi) is 7.49. The lowest BCUT2D eigenvalue weighted by Crippen LogP contribution is -2.47. The van der Waals surface area contributed by atoms with Crippen molar-refractivity contribution in [1.29, 1.82) is 0 Å². The summed E-state index contributed by atoms with van der Waals surface area (Å²) in [6, 6.07) is 18.3. The smallest absolute Gasteiger partial charge is 0.137 e. The van der Waals surface area contributed by atoms with Gasteiger partial charge in [-0.05, 0) is 62.1 Å². The van der Waals surface area contributed by atoms with E-state index in [0.717, 1.165) is 70.0 Å². The molecule has 0 radical (unpaired) electrons. The lowest BCUT2D eigenvalue weighted by molar-refractivity contribution is 0.255. The van der Waals surface area contributed by atoms with Crippen LogP contribution < -0.4 is 4.90 Å². The third-order valence-corrected chi connectivity index (χ3v) is 7.52. The van der Waals surface area contributed by atoms with E-state index in [0.29, 0.717) is 6.04 Å². The second kappa shape index (κ2) is 10.9. The van der Waals surface area contributed by atoms with E-state index in [2.05, 4.69) is 63.6 Å². The van der Waals surface area contributed by atoms with Gasteiger partial charge in [-0.1, -0.05) is 44.2 Å². The van der Waals surface area contributed by atoms with Gasteiger partial charge in [-0.3, -0.25) is 4.90 Å². The Hall–Kier alpha value is -2.70. The van der Waals surface area contributed by atoms with Crippen LogP contribution >= 0.6 is 0 Å². The number of hydrogen-bond donors (Lipinski definition) is 0. The normalized spacial score (nSPS) is 16.9. The Morgan fingerprint density at radius 1 is 0.943 bits per heavy atom. The van der Waals surface area contributed by atoms with Gasteiger partial charge in [-0.25, -0.2) is 9.07 Å². The van der Waals surface area contributed by atoms with Crippen LogP contribution in [0.5, 0.6) is 0 Å². The first kappa shape index (κ1) is 24.0. The molecule has 35 heavy (non-hydrogen) atoms. The number of anilines is 1. The van der Waals surface area contributed by atoms with Crippen LogP contribution in [0.4, 0.5) is 10.2 Å². The van der Waals surface area contributed by atoms with E-state index in [1.807, 2.05) is 12.1 Å². The van der Waals surface area contributed by atoms with Crippen molar-refractivity contribution in [2.24, 2.45) is 0 Å². The summed E-state index contributed by atoms with van der Waals surface area (Å²) in [5.41, 5.74) is 4.84. The molecule has 1 aliphatic carbocycles. The molecule has 5 rings (SSSR count). The van der Waals surface area contributed by atoms with Gasteiger partial charge in [0.25, 0.3) is 0 Å². The summed E-state index contributed by atoms with van der Waals surface area (Å²) in [4.78, 5) is 7.69. The third-order valence-electron chi connectivity index (χ3n) is 7.52. The molecule has 1 aliphatic heterocycles. The first-order valence-electron chi connectivity index (χ1n) is 13.3. The first-order chi connectivity index (χ1) is 17.2. The van der Waals surface area contributed by atoms with Gasteiger partial charge in [0, 0.05) is 50.9 Å². The molecule has 3 aromatic rings. The van der Waals surface area contributed by atoms with Gasteiger partial charge in [0.2, 0.25) is 0 Å². The fourth-order valence-electron chi connectivity index (χ4n) is 5.25. The molecule has 0 N–H and O–H groups in total. The average Bonchev–Trinajstić information content (AvgIpc) is 3.69. The number of nitrogens with zero attached hydrogens (tertiary/aromatic N) is 5. The highest BCUT2D eigenvalue weighted by atomic mass is 19.1. The van der Waals surface area contributed by atoms with Crippen LogP contribution in [0.1, 0.15) is 43.5 Å². The summed E-state index contributed by atoms with van der Waals surface area (Å²) in [6.07, 6.45) is 4.53. The lowest BCUT2D eigenvalue weighted by atomic mass is 10.1. The monoisotopic (exact) mass is 475 g/mol. The van der Waals surface area contributed by atoms with Crippen LogP contribution in [0, 0.1) is 5.82 Å². The largest absolute Gasteiger partial charge is 0.354 e. The van der Waals surface area contributed by atoms with Gasteiger partial charge < -0.3 is 9.80 Å². The minimum atomic E-state index is -0.212. The molecule has 2 fully saturated rings. The van der Waals surface area contributed by atoms with Crippen LogP contribution in [-0.4, -0.2) is 64.9 Å². The summed E-state index contributed by atoms with van der Waals surface area (Å²) in [7, 11) is 0. The molecule has 0 atom stereocenters. The summed E-state index contributed by atoms with van der Waals surface area (Å²) >= 11 is 0. The van der Waals surface area contributed by atoms with Gasteiger partial charge in [0.15, 0.2) is 0 Å². The van der Waals surface area contributed by atoms with E-state index in [-0.39, 0.29) is 5.82 Å². The molecule has 0 amide bonds. The first-order valence-corrected chi connectivity index (χ1v) is 13.3. The maximum atomic E-state index is 13.7. The van der Waals surface area contributed by atoms with Gasteiger partial charge >= 0.3 is 0 Å². The molecule has 0 unspecified atom stereocenters. The highest BCUT2D eigenvalue weighted by Gasteiger charge is 2.32. The molecular formula is C29H38FN5. The number of likely N-dealkylation sites (N-methyl/N-ethyl adjacent to an activating group) is 1. The summed E-state index contributed by atoms with van der Waals surface area (Å²) in [5, 5.41) is 5.11. The van der Waals surface area contributed by atoms with Crippen molar-refractivity contribution in [2.45, 2.75) is 52.1 Å². The molecule has 1 saturated heterocycles. The molecule has 2 aliphatic rings. The van der Waals surface area contributed by atoms with Gasteiger partial charge in [-0.2, -0.15) is 5.10 Å². The molecule has 1 saturated carbocycles. The summed E-state index contributed by atoms with van der Waals surface area (Å²) in [6.45, 7) is 11.6. The van der Waals surface area contributed by atoms with Crippen LogP contribution in [0.25, 0.3) is 5.69 Å². The predicted octanol–water partition coefficient (Wildman–Crippen LogP) is 4.92. The van der Waals surface area contributed by atoms with Crippen molar-refractivity contribution in [3.8, 4) is 5.69 Å². The minimum Gasteiger partial charge on any atom is -0.354 e. The van der Waals surface area contributed by atoms with Gasteiger partial charge in [-0.15, -0.1) is 0 Å². The van der Waals surface area contributed by atoms with E-state index < -0.39 is 0 Å². The second-order valence-electron chi connectivity index (χ2n) is 9.85. The van der Waals surface area contributed by atoms with Crippen molar-refractivity contribution in [3.05, 3.63) is 77.2 Å². The number of hydrogen-bond acceptors (Lipinski definition) is 4. The molecule has 6 heteroatoms. The second-order valence-corrected chi connectivity index (χ2v) is 9.85. The minimum absolute atomic E-state index is 0.212. The maximum absolute atomic E-state index is 13.7. The Labute approximate surface area is 209 Å². The third kappa shape index (κ3) is 5.60. The zero-order valence-electron chi connectivity index (χ0n) is 21.2. The van der Waals surface area contributed by atoms with Crippen LogP contribution in [0.15, 0.2) is 54.6 Å². The maximum Gasteiger partial charge on any atom is 0.137 e. The fourth-order valence-corrected chi connectivity index (χ4v) is 5.25. The highest BCUT2D eigenvalue weighted by molar-refractivity contribution is 5.56. The molecule has 0 bridgehead atoms. The zero-order valence-corrected chi connectivity index (χ0v) is 21.2. The fraction of sp³-hybridized carbons (Fsp3) is 0.483. The van der Waals surface area contributed by atoms with Crippen LogP contribution in [-0.2, 0) is 19.4 Å². The lowest BCUT2D eigenvalue weighted by Gasteiger charge is -2.36. The quantitative estimate of drug-likeness (QED) is 0.416. The van der Waals surface area contributed by atoms with E-state index >= 15 is 0 Å². The van der Waals surface area contributed by atoms with Crippen molar-refractivity contribution < 1.29 is 4.39 Å². The zero-order chi connectivity index (χ0) is 24.2. The summed E-state index contributed by atoms with van der Waals surface area (Å²) in [5.74, 6) is 0.991. The van der Waals surface area contributed by atoms with E-state index in [4.69, 9.17) is 5.10 Å². The van der Waals surface area contributed by atoms with Crippen molar-refractivity contribution in [2.75, 3.05) is 44.2 Å². The van der Waals surface area contributed by atoms with E-state index in [1.54, 1.807) is 0 Å². The van der Waals surface area contributed by atoms with Crippen LogP contribution in [0.2, 0.25) is 0 Å². The van der Waals surface area contributed by atoms with E-state index in [9.17, 15) is 4.39 Å². The SMILES string of the molecule is CCc1nn(-c2ccc(F)cc2)c(N2CCN(CC)CC2)c1CN(CCc1ccccc1)C1CC1. The molecule has 5 nitrogen and oxygen atoms in total. The van der Waals surface area contributed by atoms with Crippen LogP contribution in [0.3, 0.4) is 0 Å². The van der Waals surface area contributed by atoms with Gasteiger partial charge in [0.05, 0.1) is 11.4 Å². The molecule has 2 aromatic carbocycles. The molecular weight excluding hydrogens is 437 g/mol. The Bertz CT molecular complexity index is 1080. The van der Waals surface area contributed by atoms with Gasteiger partial charge in [0.1, 0.15) is 11.6 Å². The standard InChI is InChI=1S/C29H38FN5/c1-3-28-27(22-34(25-14-15-25)17-16-23-8-6-5-7-9-23)29(33-20-18-32(4-2)19-21-33)35(31-28)26-12-10-24(30)11-13-26/h5-13,25H,3-4,14-22H2,1-2H3. The average molecular weight is 476 g/mol. The van der Waals surface area contributed by atoms with E-state index in [1.165, 1.54) is 41.9 Å². The summed E-state index contributed by atoms with van der Waals surface area (Å²) < 4.78 is 15.8. The number of benzene rings is 2. The number of halogens is 1. The van der Waals surface area contributed by atoms with Crippen molar-refractivity contribution in [3.63, 3.8) is 0 Å². The van der Waals surface area contributed by atoms with Crippen molar-refractivity contribution >= 4 is 5.82 Å². The topological polar surface area (TPSA) is 27.5 Å². The Balaban J connectivity index is 1.47. The number of piperazine rings is 1.